The average molecular weight is 314 g/mol. The second-order valence-corrected chi connectivity index (χ2v) is 6.86. The van der Waals surface area contributed by atoms with Crippen LogP contribution in [0.15, 0.2) is 23.1 Å². The molecule has 7 heteroatoms. The van der Waals surface area contributed by atoms with Gasteiger partial charge in [-0.2, -0.15) is 5.26 Å². The van der Waals surface area contributed by atoms with Crippen LogP contribution in [0, 0.1) is 11.3 Å². The zero-order chi connectivity index (χ0) is 14.6. The molecule has 0 bridgehead atoms. The van der Waals surface area contributed by atoms with Crippen LogP contribution in [0.3, 0.4) is 0 Å². The lowest BCUT2D eigenvalue weighted by molar-refractivity contribution is 0.521. The fraction of sp³-hybridized carbons (Fsp3) is 0.462. The molecule has 1 aromatic rings. The number of hydrogen-bond acceptors (Lipinski definition) is 4. The molecular formula is C13H16ClN3O2S. The highest BCUT2D eigenvalue weighted by molar-refractivity contribution is 7.89. The maximum atomic E-state index is 12.4. The third-order valence-corrected chi connectivity index (χ3v) is 5.22. The van der Waals surface area contributed by atoms with Crippen molar-refractivity contribution in [2.45, 2.75) is 30.2 Å². The fourth-order valence-electron chi connectivity index (χ4n) is 2.18. The normalized spacial score (nSPS) is 20.1. The largest absolute Gasteiger partial charge is 0.315 e. The second kappa shape index (κ2) is 6.55. The van der Waals surface area contributed by atoms with E-state index in [1.165, 1.54) is 18.2 Å². The molecule has 2 rings (SSSR count). The summed E-state index contributed by atoms with van der Waals surface area (Å²) in [5.74, 6) is 0. The molecule has 108 valence electrons. The van der Waals surface area contributed by atoms with Crippen LogP contribution in [-0.2, 0) is 10.0 Å². The first-order valence-corrected chi connectivity index (χ1v) is 8.32. The molecule has 1 heterocycles. The third kappa shape index (κ3) is 3.70. The molecule has 1 aromatic carbocycles. The summed E-state index contributed by atoms with van der Waals surface area (Å²) in [6.07, 6.45) is 2.82. The predicted molar refractivity (Wildman–Crippen MR) is 77.0 cm³/mol. The number of halogens is 1. The molecule has 0 saturated carbocycles. The van der Waals surface area contributed by atoms with E-state index in [9.17, 15) is 8.42 Å². The number of nitrogens with zero attached hydrogens (tertiary/aromatic N) is 1. The van der Waals surface area contributed by atoms with Crippen molar-refractivity contribution in [3.05, 3.63) is 28.8 Å². The quantitative estimate of drug-likeness (QED) is 0.888. The summed E-state index contributed by atoms with van der Waals surface area (Å²) < 4.78 is 27.4. The van der Waals surface area contributed by atoms with E-state index in [4.69, 9.17) is 16.9 Å². The maximum Gasteiger partial charge on any atom is 0.242 e. The van der Waals surface area contributed by atoms with Crippen molar-refractivity contribution >= 4 is 21.6 Å². The zero-order valence-corrected chi connectivity index (χ0v) is 12.5. The fourth-order valence-corrected chi connectivity index (χ4v) is 3.98. The molecule has 0 aromatic heterocycles. The Balaban J connectivity index is 2.23. The van der Waals surface area contributed by atoms with Gasteiger partial charge in [0.1, 0.15) is 4.90 Å². The van der Waals surface area contributed by atoms with Crippen LogP contribution in [0.4, 0.5) is 0 Å². The van der Waals surface area contributed by atoms with E-state index < -0.39 is 10.0 Å². The second-order valence-electron chi connectivity index (χ2n) is 4.78. The van der Waals surface area contributed by atoms with E-state index in [0.717, 1.165) is 25.8 Å². The predicted octanol–water partition coefficient (Wildman–Crippen LogP) is 1.63. The van der Waals surface area contributed by atoms with Gasteiger partial charge in [0.2, 0.25) is 10.0 Å². The minimum atomic E-state index is -3.71. The van der Waals surface area contributed by atoms with E-state index >= 15 is 0 Å². The van der Waals surface area contributed by atoms with Gasteiger partial charge in [-0.25, -0.2) is 13.1 Å². The number of benzene rings is 1. The molecule has 1 aliphatic heterocycles. The van der Waals surface area contributed by atoms with E-state index in [-0.39, 0.29) is 21.5 Å². The topological polar surface area (TPSA) is 82.0 Å². The van der Waals surface area contributed by atoms with Crippen molar-refractivity contribution in [1.29, 1.82) is 5.26 Å². The Labute approximate surface area is 124 Å². The van der Waals surface area contributed by atoms with Crippen molar-refractivity contribution in [3.8, 4) is 6.07 Å². The van der Waals surface area contributed by atoms with Crippen LogP contribution >= 0.6 is 11.6 Å². The molecule has 0 spiro atoms. The van der Waals surface area contributed by atoms with Crippen molar-refractivity contribution in [1.82, 2.24) is 10.0 Å². The van der Waals surface area contributed by atoms with Crippen LogP contribution in [0.2, 0.25) is 5.02 Å². The van der Waals surface area contributed by atoms with Gasteiger partial charge >= 0.3 is 0 Å². The highest BCUT2D eigenvalue weighted by Crippen LogP contribution is 2.23. The number of sulfonamides is 1. The number of hydrogen-bond donors (Lipinski definition) is 2. The maximum absolute atomic E-state index is 12.4. The van der Waals surface area contributed by atoms with Crippen LogP contribution in [0.5, 0.6) is 0 Å². The lowest BCUT2D eigenvalue weighted by atomic mass is 10.2. The Morgan fingerprint density at radius 3 is 2.95 bits per heavy atom. The van der Waals surface area contributed by atoms with Gasteiger partial charge in [-0.05, 0) is 37.6 Å². The minimum Gasteiger partial charge on any atom is -0.315 e. The van der Waals surface area contributed by atoms with Gasteiger partial charge in [0.05, 0.1) is 16.7 Å². The van der Waals surface area contributed by atoms with Crippen LogP contribution in [0.25, 0.3) is 0 Å². The SMILES string of the molecule is N#Cc1ccc(Cl)c(S(=O)(=O)NC2CCCCNC2)c1. The average Bonchev–Trinajstić information content (AvgIpc) is 2.67. The zero-order valence-electron chi connectivity index (χ0n) is 10.9. The molecule has 0 radical (unpaired) electrons. The van der Waals surface area contributed by atoms with Gasteiger partial charge in [0.25, 0.3) is 0 Å². The smallest absolute Gasteiger partial charge is 0.242 e. The van der Waals surface area contributed by atoms with Crippen molar-refractivity contribution < 1.29 is 8.42 Å². The van der Waals surface area contributed by atoms with Crippen LogP contribution in [0.1, 0.15) is 24.8 Å². The first-order chi connectivity index (χ1) is 9.53. The summed E-state index contributed by atoms with van der Waals surface area (Å²) in [5.41, 5.74) is 0.272. The molecule has 2 N–H and O–H groups in total. The molecule has 1 fully saturated rings. The first-order valence-electron chi connectivity index (χ1n) is 6.45. The van der Waals surface area contributed by atoms with Gasteiger partial charge in [0.15, 0.2) is 0 Å². The van der Waals surface area contributed by atoms with E-state index in [0.29, 0.717) is 6.54 Å². The molecule has 0 amide bonds. The molecule has 1 aliphatic rings. The molecule has 0 aliphatic carbocycles. The summed E-state index contributed by atoms with van der Waals surface area (Å²) in [6.45, 7) is 1.51. The molecule has 1 unspecified atom stereocenters. The van der Waals surface area contributed by atoms with Gasteiger partial charge < -0.3 is 5.32 Å². The summed E-state index contributed by atoms with van der Waals surface area (Å²) in [5, 5.41) is 12.2. The van der Waals surface area contributed by atoms with Crippen LogP contribution in [-0.4, -0.2) is 27.5 Å². The highest BCUT2D eigenvalue weighted by atomic mass is 35.5. The Morgan fingerprint density at radius 1 is 1.40 bits per heavy atom. The van der Waals surface area contributed by atoms with E-state index in [1.807, 2.05) is 6.07 Å². The Kier molecular flexibility index (Phi) is 5.00. The van der Waals surface area contributed by atoms with Crippen molar-refractivity contribution in [2.24, 2.45) is 0 Å². The Morgan fingerprint density at radius 2 is 2.20 bits per heavy atom. The number of nitriles is 1. The molecule has 5 nitrogen and oxygen atoms in total. The lowest BCUT2D eigenvalue weighted by Crippen LogP contribution is -2.40. The van der Waals surface area contributed by atoms with E-state index in [1.54, 1.807) is 0 Å². The minimum absolute atomic E-state index is 0.0394. The summed E-state index contributed by atoms with van der Waals surface area (Å²) in [6, 6.07) is 5.99. The highest BCUT2D eigenvalue weighted by Gasteiger charge is 2.23. The number of rotatable bonds is 3. The summed E-state index contributed by atoms with van der Waals surface area (Å²) in [4.78, 5) is -0.0394. The Bertz CT molecular complexity index is 617. The first kappa shape index (κ1) is 15.3. The van der Waals surface area contributed by atoms with Crippen LogP contribution < -0.4 is 10.0 Å². The van der Waals surface area contributed by atoms with Crippen molar-refractivity contribution in [2.75, 3.05) is 13.1 Å². The molecule has 20 heavy (non-hydrogen) atoms. The third-order valence-electron chi connectivity index (χ3n) is 3.22. The van der Waals surface area contributed by atoms with Gasteiger partial charge in [0, 0.05) is 12.6 Å². The van der Waals surface area contributed by atoms with Gasteiger partial charge in [-0.1, -0.05) is 18.0 Å². The Hall–Kier alpha value is -1.13. The molecular weight excluding hydrogens is 298 g/mol. The summed E-state index contributed by atoms with van der Waals surface area (Å²) >= 11 is 5.94. The standard InChI is InChI=1S/C13H16ClN3O2S/c14-12-5-4-10(8-15)7-13(12)20(18,19)17-11-3-1-2-6-16-9-11/h4-5,7,11,16-17H,1-3,6,9H2. The van der Waals surface area contributed by atoms with Gasteiger partial charge in [-0.15, -0.1) is 0 Å². The number of nitrogens with one attached hydrogen (secondary N) is 2. The van der Waals surface area contributed by atoms with Gasteiger partial charge in [-0.3, -0.25) is 0 Å². The monoisotopic (exact) mass is 313 g/mol. The molecule has 1 atom stereocenters. The summed E-state index contributed by atoms with van der Waals surface area (Å²) in [7, 11) is -3.71. The molecule has 1 saturated heterocycles. The van der Waals surface area contributed by atoms with Crippen molar-refractivity contribution in [3.63, 3.8) is 0 Å². The lowest BCUT2D eigenvalue weighted by Gasteiger charge is -2.17. The van der Waals surface area contributed by atoms with E-state index in [2.05, 4.69) is 10.0 Å².